The van der Waals surface area contributed by atoms with Crippen molar-refractivity contribution < 1.29 is 4.79 Å². The van der Waals surface area contributed by atoms with Gasteiger partial charge in [-0.15, -0.1) is 0 Å². The number of amides is 1. The normalized spacial score (nSPS) is 22.5. The minimum Gasteiger partial charge on any atom is -0.353 e. The third-order valence-electron chi connectivity index (χ3n) is 7.91. The van der Waals surface area contributed by atoms with Crippen LogP contribution in [0.15, 0.2) is 60.8 Å². The average molecular weight is 459 g/mol. The van der Waals surface area contributed by atoms with Gasteiger partial charge in [-0.25, -0.2) is 0 Å². The molecule has 1 aromatic heterocycles. The van der Waals surface area contributed by atoms with Crippen molar-refractivity contribution in [1.29, 1.82) is 0 Å². The van der Waals surface area contributed by atoms with Crippen LogP contribution in [0.25, 0.3) is 10.9 Å². The second-order valence-corrected chi connectivity index (χ2v) is 10.3. The largest absolute Gasteiger partial charge is 0.353 e. The Hall–Kier alpha value is -2.63. The lowest BCUT2D eigenvalue weighted by Gasteiger charge is -2.32. The van der Waals surface area contributed by atoms with Crippen molar-refractivity contribution >= 4 is 16.8 Å². The highest BCUT2D eigenvalue weighted by atomic mass is 16.1. The maximum absolute atomic E-state index is 13.3. The number of aromatic nitrogens is 1. The number of fused-ring (bicyclic) bond motifs is 1. The van der Waals surface area contributed by atoms with Crippen molar-refractivity contribution in [2.45, 2.75) is 69.5 Å². The smallest absolute Gasteiger partial charge is 0.220 e. The summed E-state index contributed by atoms with van der Waals surface area (Å²) >= 11 is 0. The molecule has 1 saturated heterocycles. The number of hydrogen-bond donors (Lipinski definition) is 3. The van der Waals surface area contributed by atoms with E-state index in [4.69, 9.17) is 5.73 Å². The highest BCUT2D eigenvalue weighted by Crippen LogP contribution is 2.39. The monoisotopic (exact) mass is 458 g/mol. The topological polar surface area (TPSA) is 72.1 Å². The Morgan fingerprint density at radius 1 is 0.971 bits per heavy atom. The van der Waals surface area contributed by atoms with Crippen molar-refractivity contribution in [2.24, 2.45) is 11.7 Å². The van der Waals surface area contributed by atoms with E-state index in [1.54, 1.807) is 0 Å². The van der Waals surface area contributed by atoms with Gasteiger partial charge in [0.05, 0.1) is 0 Å². The molecule has 5 rings (SSSR count). The Morgan fingerprint density at radius 2 is 1.68 bits per heavy atom. The summed E-state index contributed by atoms with van der Waals surface area (Å²) in [5.74, 6) is 0.946. The fraction of sp³-hybridized carbons (Fsp3) is 0.483. The van der Waals surface area contributed by atoms with Gasteiger partial charge in [0.1, 0.15) is 0 Å². The van der Waals surface area contributed by atoms with Crippen molar-refractivity contribution in [3.05, 3.63) is 71.9 Å². The maximum atomic E-state index is 13.3. The van der Waals surface area contributed by atoms with Gasteiger partial charge in [-0.2, -0.15) is 0 Å². The molecule has 3 aromatic rings. The molecule has 2 heterocycles. The van der Waals surface area contributed by atoms with E-state index in [0.29, 0.717) is 18.4 Å². The van der Waals surface area contributed by atoms with Gasteiger partial charge in [0.2, 0.25) is 5.91 Å². The molecule has 1 aliphatic carbocycles. The van der Waals surface area contributed by atoms with E-state index in [-0.39, 0.29) is 17.9 Å². The molecule has 1 aliphatic heterocycles. The van der Waals surface area contributed by atoms with Crippen molar-refractivity contribution in [3.8, 4) is 0 Å². The second kappa shape index (κ2) is 10.7. The van der Waals surface area contributed by atoms with Gasteiger partial charge in [-0.3, -0.25) is 4.79 Å². The summed E-state index contributed by atoms with van der Waals surface area (Å²) in [7, 11) is 0. The van der Waals surface area contributed by atoms with Crippen LogP contribution < -0.4 is 16.4 Å². The highest BCUT2D eigenvalue weighted by Gasteiger charge is 2.30. The second-order valence-electron chi connectivity index (χ2n) is 10.3. The maximum Gasteiger partial charge on any atom is 0.220 e. The number of nitrogens with zero attached hydrogens (tertiary/aromatic N) is 1. The van der Waals surface area contributed by atoms with Crippen LogP contribution in [0.4, 0.5) is 0 Å². The average Bonchev–Trinajstić information content (AvgIpc) is 3.23. The molecule has 1 atom stereocenters. The van der Waals surface area contributed by atoms with Crippen LogP contribution in [-0.4, -0.2) is 35.6 Å². The number of carbonyl (C=O) groups excluding carboxylic acids is 1. The Kier molecular flexibility index (Phi) is 7.31. The summed E-state index contributed by atoms with van der Waals surface area (Å²) in [6, 6.07) is 19.9. The van der Waals surface area contributed by atoms with E-state index in [1.807, 2.05) is 0 Å². The zero-order valence-electron chi connectivity index (χ0n) is 20.1. The lowest BCUT2D eigenvalue weighted by atomic mass is 9.78. The standard InChI is InChI=1S/C29H38N4O/c30-23-10-12-24(13-11-23)32-29(34)18-26(22-14-16-31-17-15-22)27-20-33(19-21-6-2-1-3-7-21)28-9-5-4-8-25(27)28/h1-9,20,22-24,26,31H,10-19,30H2,(H,32,34)/t23-,24+,26?. The molecule has 1 unspecified atom stereocenters. The van der Waals surface area contributed by atoms with Gasteiger partial charge in [0, 0.05) is 42.1 Å². The molecule has 2 aromatic carbocycles. The van der Waals surface area contributed by atoms with Crippen molar-refractivity contribution in [1.82, 2.24) is 15.2 Å². The van der Waals surface area contributed by atoms with E-state index < -0.39 is 0 Å². The fourth-order valence-electron chi connectivity index (χ4n) is 6.01. The lowest BCUT2D eigenvalue weighted by Crippen LogP contribution is -2.41. The van der Waals surface area contributed by atoms with Crippen molar-refractivity contribution in [2.75, 3.05) is 13.1 Å². The van der Waals surface area contributed by atoms with E-state index in [9.17, 15) is 4.79 Å². The minimum absolute atomic E-state index is 0.198. The van der Waals surface area contributed by atoms with Gasteiger partial charge in [0.15, 0.2) is 0 Å². The molecule has 1 saturated carbocycles. The number of carbonyl (C=O) groups is 1. The van der Waals surface area contributed by atoms with E-state index >= 15 is 0 Å². The Morgan fingerprint density at radius 3 is 2.44 bits per heavy atom. The fourth-order valence-corrected chi connectivity index (χ4v) is 6.01. The lowest BCUT2D eigenvalue weighted by molar-refractivity contribution is -0.122. The first-order valence-electron chi connectivity index (χ1n) is 13.0. The molecule has 0 bridgehead atoms. The van der Waals surface area contributed by atoms with Crippen LogP contribution >= 0.6 is 0 Å². The van der Waals surface area contributed by atoms with Crippen LogP contribution in [0.2, 0.25) is 0 Å². The first-order chi connectivity index (χ1) is 16.7. The first kappa shape index (κ1) is 23.1. The molecule has 2 aliphatic rings. The molecular formula is C29H38N4O. The zero-order valence-corrected chi connectivity index (χ0v) is 20.1. The third-order valence-corrected chi connectivity index (χ3v) is 7.91. The minimum atomic E-state index is 0.198. The first-order valence-corrected chi connectivity index (χ1v) is 13.0. The molecule has 1 amide bonds. The van der Waals surface area contributed by atoms with Gasteiger partial charge in [-0.05, 0) is 80.6 Å². The van der Waals surface area contributed by atoms with Crippen LogP contribution in [0.1, 0.15) is 62.0 Å². The number of hydrogen-bond acceptors (Lipinski definition) is 3. The summed E-state index contributed by atoms with van der Waals surface area (Å²) < 4.78 is 2.37. The Bertz CT molecular complexity index is 1080. The molecule has 2 fully saturated rings. The molecule has 5 heteroatoms. The van der Waals surface area contributed by atoms with Crippen molar-refractivity contribution in [3.63, 3.8) is 0 Å². The zero-order chi connectivity index (χ0) is 23.3. The number of nitrogens with two attached hydrogens (primary N) is 1. The van der Waals surface area contributed by atoms with Gasteiger partial charge >= 0.3 is 0 Å². The Labute approximate surface area is 203 Å². The van der Waals surface area contributed by atoms with E-state index in [2.05, 4.69) is 76.0 Å². The van der Waals surface area contributed by atoms with Gasteiger partial charge in [0.25, 0.3) is 0 Å². The van der Waals surface area contributed by atoms with Gasteiger partial charge in [-0.1, -0.05) is 48.5 Å². The molecule has 0 radical (unpaired) electrons. The third kappa shape index (κ3) is 5.37. The molecule has 0 spiro atoms. The van der Waals surface area contributed by atoms with Crippen LogP contribution in [0, 0.1) is 5.92 Å². The number of benzene rings is 2. The predicted octanol–water partition coefficient (Wildman–Crippen LogP) is 4.55. The van der Waals surface area contributed by atoms with Gasteiger partial charge < -0.3 is 20.9 Å². The highest BCUT2D eigenvalue weighted by molar-refractivity contribution is 5.86. The quantitative estimate of drug-likeness (QED) is 0.486. The summed E-state index contributed by atoms with van der Waals surface area (Å²) in [5.41, 5.74) is 9.95. The summed E-state index contributed by atoms with van der Waals surface area (Å²) in [6.07, 6.45) is 9.15. The number of para-hydroxylation sites is 1. The predicted molar refractivity (Wildman–Crippen MR) is 139 cm³/mol. The van der Waals surface area contributed by atoms with E-state index in [0.717, 1.165) is 58.2 Å². The van der Waals surface area contributed by atoms with Crippen LogP contribution in [-0.2, 0) is 11.3 Å². The van der Waals surface area contributed by atoms with Crippen LogP contribution in [0.5, 0.6) is 0 Å². The summed E-state index contributed by atoms with van der Waals surface area (Å²) in [6.45, 7) is 2.91. The molecular weight excluding hydrogens is 420 g/mol. The van der Waals surface area contributed by atoms with E-state index in [1.165, 1.54) is 22.0 Å². The summed E-state index contributed by atoms with van der Waals surface area (Å²) in [4.78, 5) is 13.3. The Balaban J connectivity index is 1.42. The molecule has 4 N–H and O–H groups in total. The molecule has 180 valence electrons. The SMILES string of the molecule is N[C@H]1CC[C@@H](NC(=O)CC(c2cn(Cc3ccccc3)c3ccccc23)C2CCNCC2)CC1. The van der Waals surface area contributed by atoms with Crippen LogP contribution in [0.3, 0.4) is 0 Å². The summed E-state index contributed by atoms with van der Waals surface area (Å²) in [5, 5.41) is 8.15. The number of nitrogens with one attached hydrogen (secondary N) is 2. The molecule has 5 nitrogen and oxygen atoms in total. The number of rotatable bonds is 7. The number of piperidine rings is 1. The molecule has 34 heavy (non-hydrogen) atoms.